The molecule has 0 radical (unpaired) electrons. The van der Waals surface area contributed by atoms with E-state index in [9.17, 15) is 9.90 Å². The van der Waals surface area contributed by atoms with E-state index in [2.05, 4.69) is 32.9 Å². The molecule has 21 heavy (non-hydrogen) atoms. The fourth-order valence-corrected chi connectivity index (χ4v) is 2.76. The minimum atomic E-state index is -0.772. The molecule has 0 amide bonds. The number of carbonyl (C=O) groups is 1. The van der Waals surface area contributed by atoms with Gasteiger partial charge >= 0.3 is 5.97 Å². The van der Waals surface area contributed by atoms with Crippen molar-refractivity contribution in [2.24, 2.45) is 0 Å². The monoisotopic (exact) mass is 288 g/mol. The average molecular weight is 288 g/mol. The first-order valence-electron chi connectivity index (χ1n) is 7.35. The zero-order chi connectivity index (χ0) is 15.8. The standard InChI is InChI=1S/C18H24O3/c1-11(2)15-10-21-16-8-12(18(3,4)5)6-7-13(16)14(15)9-17(19)20/h6-8,14H,9-10H2,1-5H3,(H,19,20). The Labute approximate surface area is 126 Å². The minimum absolute atomic E-state index is 0.0530. The van der Waals surface area contributed by atoms with Crippen LogP contribution < -0.4 is 4.74 Å². The smallest absolute Gasteiger partial charge is 0.304 e. The molecule has 0 fully saturated rings. The molecule has 2 rings (SSSR count). The topological polar surface area (TPSA) is 46.5 Å². The molecule has 1 aliphatic heterocycles. The summed E-state index contributed by atoms with van der Waals surface area (Å²) in [5.41, 5.74) is 4.49. The van der Waals surface area contributed by atoms with Gasteiger partial charge < -0.3 is 9.84 Å². The number of aliphatic carboxylic acids is 1. The quantitative estimate of drug-likeness (QED) is 0.827. The van der Waals surface area contributed by atoms with Crippen LogP contribution in [0.1, 0.15) is 58.1 Å². The molecule has 1 aromatic rings. The minimum Gasteiger partial charge on any atom is -0.489 e. The Balaban J connectivity index is 2.50. The van der Waals surface area contributed by atoms with E-state index >= 15 is 0 Å². The third-order valence-corrected chi connectivity index (χ3v) is 4.08. The van der Waals surface area contributed by atoms with E-state index in [1.54, 1.807) is 0 Å². The van der Waals surface area contributed by atoms with Crippen LogP contribution in [0.2, 0.25) is 0 Å². The predicted molar refractivity (Wildman–Crippen MR) is 84.0 cm³/mol. The van der Waals surface area contributed by atoms with Gasteiger partial charge in [-0.25, -0.2) is 0 Å². The molecule has 0 saturated heterocycles. The van der Waals surface area contributed by atoms with Crippen LogP contribution in [0.15, 0.2) is 29.3 Å². The van der Waals surface area contributed by atoms with Gasteiger partial charge in [0, 0.05) is 11.5 Å². The number of hydrogen-bond donors (Lipinski definition) is 1. The lowest BCUT2D eigenvalue weighted by Gasteiger charge is -2.31. The molecule has 1 unspecified atom stereocenters. The first-order valence-corrected chi connectivity index (χ1v) is 7.35. The normalized spacial score (nSPS) is 18.0. The lowest BCUT2D eigenvalue weighted by atomic mass is 9.81. The van der Waals surface area contributed by atoms with Crippen LogP contribution in [-0.4, -0.2) is 17.7 Å². The summed E-state index contributed by atoms with van der Waals surface area (Å²) >= 11 is 0. The largest absolute Gasteiger partial charge is 0.489 e. The van der Waals surface area contributed by atoms with Crippen LogP contribution in [0.4, 0.5) is 0 Å². The van der Waals surface area contributed by atoms with Crippen molar-refractivity contribution >= 4 is 5.97 Å². The molecule has 1 N–H and O–H groups in total. The Hall–Kier alpha value is -1.77. The first-order chi connectivity index (χ1) is 9.70. The number of ether oxygens (including phenoxy) is 1. The van der Waals surface area contributed by atoms with E-state index in [4.69, 9.17) is 4.74 Å². The van der Waals surface area contributed by atoms with Crippen LogP contribution in [0.25, 0.3) is 0 Å². The maximum Gasteiger partial charge on any atom is 0.304 e. The van der Waals surface area contributed by atoms with Gasteiger partial charge in [-0.05, 0) is 36.5 Å². The maximum absolute atomic E-state index is 11.2. The number of benzene rings is 1. The fourth-order valence-electron chi connectivity index (χ4n) is 2.76. The molecular weight excluding hydrogens is 264 g/mol. The molecule has 1 heterocycles. The van der Waals surface area contributed by atoms with Crippen molar-refractivity contribution in [2.45, 2.75) is 52.4 Å². The Morgan fingerprint density at radius 1 is 1.33 bits per heavy atom. The third kappa shape index (κ3) is 3.29. The summed E-state index contributed by atoms with van der Waals surface area (Å²) in [6.45, 7) is 11.0. The van der Waals surface area contributed by atoms with Gasteiger partial charge in [0.2, 0.25) is 0 Å². The Morgan fingerprint density at radius 3 is 2.52 bits per heavy atom. The van der Waals surface area contributed by atoms with Crippen molar-refractivity contribution in [3.8, 4) is 5.75 Å². The molecule has 1 aliphatic rings. The number of carboxylic acids is 1. The van der Waals surface area contributed by atoms with Crippen LogP contribution in [0.3, 0.4) is 0 Å². The van der Waals surface area contributed by atoms with Gasteiger partial charge in [0.15, 0.2) is 0 Å². The highest BCUT2D eigenvalue weighted by atomic mass is 16.5. The van der Waals surface area contributed by atoms with Crippen LogP contribution >= 0.6 is 0 Å². The molecule has 0 aliphatic carbocycles. The molecule has 0 bridgehead atoms. The second-order valence-electron chi connectivity index (χ2n) is 6.97. The van der Waals surface area contributed by atoms with E-state index < -0.39 is 5.97 Å². The molecule has 3 heteroatoms. The lowest BCUT2D eigenvalue weighted by molar-refractivity contribution is -0.137. The molecule has 3 nitrogen and oxygen atoms in total. The molecule has 1 atom stereocenters. The third-order valence-electron chi connectivity index (χ3n) is 4.08. The Morgan fingerprint density at radius 2 is 2.00 bits per heavy atom. The fraction of sp³-hybridized carbons (Fsp3) is 0.500. The van der Waals surface area contributed by atoms with Gasteiger partial charge in [-0.1, -0.05) is 38.5 Å². The van der Waals surface area contributed by atoms with Crippen molar-refractivity contribution in [1.82, 2.24) is 0 Å². The molecule has 0 saturated carbocycles. The molecule has 114 valence electrons. The van der Waals surface area contributed by atoms with E-state index in [-0.39, 0.29) is 17.8 Å². The number of hydrogen-bond acceptors (Lipinski definition) is 2. The highest BCUT2D eigenvalue weighted by molar-refractivity contribution is 5.70. The van der Waals surface area contributed by atoms with Gasteiger partial charge in [0.05, 0.1) is 6.42 Å². The summed E-state index contributed by atoms with van der Waals surface area (Å²) in [7, 11) is 0. The summed E-state index contributed by atoms with van der Waals surface area (Å²) in [4.78, 5) is 11.2. The summed E-state index contributed by atoms with van der Waals surface area (Å²) in [6, 6.07) is 6.18. The van der Waals surface area contributed by atoms with E-state index in [1.165, 1.54) is 5.56 Å². The Kier molecular flexibility index (Phi) is 4.13. The highest BCUT2D eigenvalue weighted by Gasteiger charge is 2.29. The first kappa shape index (κ1) is 15.6. The highest BCUT2D eigenvalue weighted by Crippen LogP contribution is 2.42. The number of rotatable bonds is 2. The SMILES string of the molecule is CC(C)=C1COc2cc(C(C)(C)C)ccc2C1CC(=O)O. The molecular formula is C18H24O3. The molecule has 0 aromatic heterocycles. The van der Waals surface area contributed by atoms with Crippen molar-refractivity contribution in [3.05, 3.63) is 40.5 Å². The van der Waals surface area contributed by atoms with Crippen LogP contribution in [-0.2, 0) is 10.2 Å². The van der Waals surface area contributed by atoms with E-state index in [1.807, 2.05) is 19.9 Å². The zero-order valence-electron chi connectivity index (χ0n) is 13.5. The maximum atomic E-state index is 11.2. The summed E-state index contributed by atoms with van der Waals surface area (Å²) in [6.07, 6.45) is 0.117. The summed E-state index contributed by atoms with van der Waals surface area (Å²) in [5, 5.41) is 9.21. The van der Waals surface area contributed by atoms with E-state index in [0.717, 1.165) is 22.5 Å². The van der Waals surface area contributed by atoms with Crippen molar-refractivity contribution in [1.29, 1.82) is 0 Å². The summed E-state index contributed by atoms with van der Waals surface area (Å²) < 4.78 is 5.89. The second kappa shape index (κ2) is 5.55. The predicted octanol–water partition coefficient (Wildman–Crippen LogP) is 4.27. The number of allylic oxidation sites excluding steroid dienone is 1. The van der Waals surface area contributed by atoms with Crippen LogP contribution in [0, 0.1) is 0 Å². The van der Waals surface area contributed by atoms with Crippen molar-refractivity contribution < 1.29 is 14.6 Å². The average Bonchev–Trinajstić information content (AvgIpc) is 2.36. The van der Waals surface area contributed by atoms with Crippen molar-refractivity contribution in [3.63, 3.8) is 0 Å². The van der Waals surface area contributed by atoms with Gasteiger partial charge in [0.25, 0.3) is 0 Å². The lowest BCUT2D eigenvalue weighted by Crippen LogP contribution is -2.22. The van der Waals surface area contributed by atoms with Gasteiger partial charge in [0.1, 0.15) is 12.4 Å². The number of carboxylic acid groups (broad SMARTS) is 1. The van der Waals surface area contributed by atoms with Gasteiger partial charge in [-0.15, -0.1) is 0 Å². The Bertz CT molecular complexity index is 587. The number of fused-ring (bicyclic) bond motifs is 1. The van der Waals surface area contributed by atoms with E-state index in [0.29, 0.717) is 6.61 Å². The summed E-state index contributed by atoms with van der Waals surface area (Å²) in [5.74, 6) is -0.0181. The van der Waals surface area contributed by atoms with Crippen LogP contribution in [0.5, 0.6) is 5.75 Å². The van der Waals surface area contributed by atoms with Gasteiger partial charge in [-0.3, -0.25) is 4.79 Å². The molecule has 1 aromatic carbocycles. The second-order valence-corrected chi connectivity index (χ2v) is 6.97. The zero-order valence-corrected chi connectivity index (χ0v) is 13.5. The molecule has 0 spiro atoms. The van der Waals surface area contributed by atoms with Crippen molar-refractivity contribution in [2.75, 3.05) is 6.61 Å². The van der Waals surface area contributed by atoms with Gasteiger partial charge in [-0.2, -0.15) is 0 Å².